The van der Waals surface area contributed by atoms with Crippen LogP contribution in [-0.2, 0) is 16.9 Å². The number of benzene rings is 1. The normalized spacial score (nSPS) is 13.1. The number of hydrogen-bond acceptors (Lipinski definition) is 8. The van der Waals surface area contributed by atoms with Gasteiger partial charge in [-0.3, -0.25) is 9.78 Å². The van der Waals surface area contributed by atoms with Crippen LogP contribution in [-0.4, -0.2) is 40.3 Å². The second kappa shape index (κ2) is 8.55. The number of fused-ring (bicyclic) bond motifs is 3. The monoisotopic (exact) mass is 493 g/mol. The number of nitrogens with zero attached hydrogens (tertiary/aromatic N) is 7. The molecule has 0 aliphatic carbocycles. The number of aromatic nitrogens is 7. The standard InChI is InChI=1S/C26H23N9O2/c1-16-8-6-12-28-19(16)15-29-24(36)26(2,17-9-4-3-5-10-17)35-23-18(14-30-35)22-31-21(20-11-7-13-37-20)33-34(22)25(27)32-23/h3-14H,15H2,1-2H3,(H2,27,32)(H,29,36). The summed E-state index contributed by atoms with van der Waals surface area (Å²) in [6.45, 7) is 4.03. The molecular formula is C26H23N9O2. The molecule has 6 rings (SSSR count). The van der Waals surface area contributed by atoms with E-state index in [-0.39, 0.29) is 18.4 Å². The Morgan fingerprint density at radius 2 is 1.92 bits per heavy atom. The highest BCUT2D eigenvalue weighted by molar-refractivity contribution is 5.94. The van der Waals surface area contributed by atoms with Gasteiger partial charge in [0.25, 0.3) is 5.91 Å². The zero-order valence-electron chi connectivity index (χ0n) is 20.2. The third-order valence-electron chi connectivity index (χ3n) is 6.51. The lowest BCUT2D eigenvalue weighted by Gasteiger charge is -2.30. The van der Waals surface area contributed by atoms with Crippen LogP contribution in [0.15, 0.2) is 77.7 Å². The number of nitrogen functional groups attached to an aromatic ring is 1. The van der Waals surface area contributed by atoms with Crippen molar-refractivity contribution in [1.29, 1.82) is 0 Å². The molecule has 1 atom stereocenters. The number of pyridine rings is 1. The molecule has 5 aromatic heterocycles. The summed E-state index contributed by atoms with van der Waals surface area (Å²) >= 11 is 0. The summed E-state index contributed by atoms with van der Waals surface area (Å²) in [5, 5.41) is 12.7. The van der Waals surface area contributed by atoms with Gasteiger partial charge in [0.05, 0.1) is 30.1 Å². The van der Waals surface area contributed by atoms with Crippen molar-refractivity contribution in [1.82, 2.24) is 39.7 Å². The van der Waals surface area contributed by atoms with Crippen LogP contribution >= 0.6 is 0 Å². The molecule has 3 N–H and O–H groups in total. The summed E-state index contributed by atoms with van der Waals surface area (Å²) < 4.78 is 8.46. The summed E-state index contributed by atoms with van der Waals surface area (Å²) in [6.07, 6.45) is 4.88. The van der Waals surface area contributed by atoms with E-state index in [0.29, 0.717) is 28.3 Å². The van der Waals surface area contributed by atoms with Gasteiger partial charge in [0, 0.05) is 6.20 Å². The number of hydrogen-bond donors (Lipinski definition) is 2. The fraction of sp³-hybridized carbons (Fsp3) is 0.154. The van der Waals surface area contributed by atoms with Crippen molar-refractivity contribution < 1.29 is 9.21 Å². The SMILES string of the molecule is Cc1cccnc1CNC(=O)C(C)(c1ccccc1)n1ncc2c1nc(N)n1nc(-c3ccco3)nc21. The highest BCUT2D eigenvalue weighted by atomic mass is 16.3. The number of aryl methyl sites for hydroxylation is 1. The average Bonchev–Trinajstić information content (AvgIpc) is 3.68. The lowest BCUT2D eigenvalue weighted by molar-refractivity contribution is -0.127. The fourth-order valence-corrected chi connectivity index (χ4v) is 4.40. The maximum Gasteiger partial charge on any atom is 0.252 e. The molecule has 5 heterocycles. The molecule has 0 radical (unpaired) electrons. The minimum atomic E-state index is -1.26. The lowest BCUT2D eigenvalue weighted by Crippen LogP contribution is -2.48. The van der Waals surface area contributed by atoms with E-state index in [2.05, 4.69) is 30.5 Å². The summed E-state index contributed by atoms with van der Waals surface area (Å²) in [6, 6.07) is 16.8. The third kappa shape index (κ3) is 3.59. The predicted octanol–water partition coefficient (Wildman–Crippen LogP) is 3.10. The number of furan rings is 1. The van der Waals surface area contributed by atoms with Gasteiger partial charge in [0.1, 0.15) is 0 Å². The Morgan fingerprint density at radius 1 is 1.08 bits per heavy atom. The number of nitrogens with two attached hydrogens (primary N) is 1. The van der Waals surface area contributed by atoms with E-state index in [1.165, 1.54) is 4.52 Å². The van der Waals surface area contributed by atoms with Gasteiger partial charge in [-0.05, 0) is 43.2 Å². The molecule has 1 amide bonds. The van der Waals surface area contributed by atoms with Gasteiger partial charge in [-0.2, -0.15) is 14.6 Å². The highest BCUT2D eigenvalue weighted by Crippen LogP contribution is 2.31. The van der Waals surface area contributed by atoms with Crippen LogP contribution in [0.1, 0.15) is 23.7 Å². The van der Waals surface area contributed by atoms with Crippen LogP contribution in [0.3, 0.4) is 0 Å². The first kappa shape index (κ1) is 22.4. The Bertz CT molecular complexity index is 1740. The van der Waals surface area contributed by atoms with Gasteiger partial charge in [0.2, 0.25) is 11.8 Å². The molecule has 1 unspecified atom stereocenters. The molecule has 0 fully saturated rings. The van der Waals surface area contributed by atoms with E-state index in [1.54, 1.807) is 42.4 Å². The molecule has 0 spiro atoms. The van der Waals surface area contributed by atoms with E-state index in [9.17, 15) is 4.79 Å². The Kier molecular flexibility index (Phi) is 5.18. The molecule has 1 aromatic carbocycles. The lowest BCUT2D eigenvalue weighted by atomic mass is 9.91. The Balaban J connectivity index is 1.49. The van der Waals surface area contributed by atoms with Crippen molar-refractivity contribution >= 4 is 28.5 Å². The number of carbonyl (C=O) groups is 1. The maximum atomic E-state index is 13.9. The Labute approximate surface area is 211 Å². The van der Waals surface area contributed by atoms with Crippen molar-refractivity contribution in [2.24, 2.45) is 0 Å². The zero-order chi connectivity index (χ0) is 25.6. The smallest absolute Gasteiger partial charge is 0.252 e. The third-order valence-corrected chi connectivity index (χ3v) is 6.51. The average molecular weight is 494 g/mol. The molecule has 0 saturated heterocycles. The van der Waals surface area contributed by atoms with E-state index in [1.807, 2.05) is 49.4 Å². The molecule has 11 nitrogen and oxygen atoms in total. The molecule has 6 aromatic rings. The topological polar surface area (TPSA) is 142 Å². The molecule has 0 saturated carbocycles. The molecular weight excluding hydrogens is 470 g/mol. The predicted molar refractivity (Wildman–Crippen MR) is 136 cm³/mol. The first-order valence-electron chi connectivity index (χ1n) is 11.7. The quantitative estimate of drug-likeness (QED) is 0.360. The van der Waals surface area contributed by atoms with Crippen LogP contribution < -0.4 is 11.1 Å². The van der Waals surface area contributed by atoms with Gasteiger partial charge >= 0.3 is 0 Å². The summed E-state index contributed by atoms with van der Waals surface area (Å²) in [7, 11) is 0. The fourth-order valence-electron chi connectivity index (χ4n) is 4.40. The van der Waals surface area contributed by atoms with E-state index in [4.69, 9.17) is 10.2 Å². The molecule has 11 heteroatoms. The number of amides is 1. The highest BCUT2D eigenvalue weighted by Gasteiger charge is 2.40. The summed E-state index contributed by atoms with van der Waals surface area (Å²) in [5.41, 5.74) is 8.41. The van der Waals surface area contributed by atoms with E-state index in [0.717, 1.165) is 16.8 Å². The van der Waals surface area contributed by atoms with Crippen LogP contribution in [0.5, 0.6) is 0 Å². The minimum absolute atomic E-state index is 0.106. The second-order valence-corrected chi connectivity index (χ2v) is 8.80. The van der Waals surface area contributed by atoms with Crippen LogP contribution in [0, 0.1) is 6.92 Å². The van der Waals surface area contributed by atoms with Crippen LogP contribution in [0.2, 0.25) is 0 Å². The maximum absolute atomic E-state index is 13.9. The molecule has 184 valence electrons. The van der Waals surface area contributed by atoms with Crippen molar-refractivity contribution in [3.05, 3.63) is 90.1 Å². The Hall–Kier alpha value is -5.06. The van der Waals surface area contributed by atoms with Gasteiger partial charge in [-0.1, -0.05) is 36.4 Å². The molecule has 0 aliphatic rings. The van der Waals surface area contributed by atoms with Crippen molar-refractivity contribution in [2.75, 3.05) is 5.73 Å². The zero-order valence-corrected chi connectivity index (χ0v) is 20.2. The summed E-state index contributed by atoms with van der Waals surface area (Å²) in [5.74, 6) is 0.705. The minimum Gasteiger partial charge on any atom is -0.461 e. The van der Waals surface area contributed by atoms with Crippen molar-refractivity contribution in [2.45, 2.75) is 25.9 Å². The van der Waals surface area contributed by atoms with Crippen molar-refractivity contribution in [3.63, 3.8) is 0 Å². The van der Waals surface area contributed by atoms with Gasteiger partial charge in [0.15, 0.2) is 22.6 Å². The van der Waals surface area contributed by atoms with Crippen LogP contribution in [0.25, 0.3) is 28.3 Å². The van der Waals surface area contributed by atoms with Gasteiger partial charge in [-0.15, -0.1) is 5.10 Å². The number of nitrogens with one attached hydrogen (secondary N) is 1. The van der Waals surface area contributed by atoms with E-state index < -0.39 is 5.54 Å². The first-order chi connectivity index (χ1) is 18.0. The molecule has 0 aliphatic heterocycles. The first-order valence-corrected chi connectivity index (χ1v) is 11.7. The second-order valence-electron chi connectivity index (χ2n) is 8.80. The summed E-state index contributed by atoms with van der Waals surface area (Å²) in [4.78, 5) is 27.5. The Morgan fingerprint density at radius 3 is 2.68 bits per heavy atom. The molecule has 37 heavy (non-hydrogen) atoms. The van der Waals surface area contributed by atoms with Crippen LogP contribution in [0.4, 0.5) is 5.95 Å². The number of anilines is 1. The van der Waals surface area contributed by atoms with Gasteiger partial charge in [-0.25, -0.2) is 9.67 Å². The van der Waals surface area contributed by atoms with Gasteiger partial charge < -0.3 is 15.5 Å². The molecule has 0 bridgehead atoms. The number of carbonyl (C=O) groups excluding carboxylic acids is 1. The van der Waals surface area contributed by atoms with E-state index >= 15 is 0 Å². The van der Waals surface area contributed by atoms with Crippen molar-refractivity contribution in [3.8, 4) is 11.6 Å². The largest absolute Gasteiger partial charge is 0.461 e. The number of rotatable bonds is 6.